The molecule has 1 saturated carbocycles. The molecule has 3 atom stereocenters. The van der Waals surface area contributed by atoms with Gasteiger partial charge in [0, 0.05) is 0 Å². The van der Waals surface area contributed by atoms with Gasteiger partial charge in [-0.3, -0.25) is 0 Å². The lowest BCUT2D eigenvalue weighted by molar-refractivity contribution is 0.0697. The fourth-order valence-electron chi connectivity index (χ4n) is 4.99. The van der Waals surface area contributed by atoms with Gasteiger partial charge in [0.05, 0.1) is 5.56 Å². The van der Waals surface area contributed by atoms with Crippen LogP contribution in [0.5, 0.6) is 0 Å². The number of benzene rings is 2. The molecule has 0 aliphatic heterocycles. The van der Waals surface area contributed by atoms with Crippen LogP contribution in [0.1, 0.15) is 71.0 Å². The Morgan fingerprint density at radius 2 is 1.62 bits per heavy atom. The normalized spacial score (nSPS) is 26.1. The maximum atomic E-state index is 11.1. The Kier molecular flexibility index (Phi) is 4.13. The molecular weight excluding hydrogens is 296 g/mol. The van der Waals surface area contributed by atoms with E-state index in [0.717, 1.165) is 0 Å². The molecule has 2 aromatic rings. The summed E-state index contributed by atoms with van der Waals surface area (Å²) in [6.07, 6.45) is 7.50. The van der Waals surface area contributed by atoms with Crippen molar-refractivity contribution in [1.82, 2.24) is 0 Å². The molecule has 1 fully saturated rings. The predicted octanol–water partition coefficient (Wildman–Crippen LogP) is 5.39. The van der Waals surface area contributed by atoms with Crippen LogP contribution in [0, 0.1) is 5.92 Å². The Bertz CT molecular complexity index is 732. The van der Waals surface area contributed by atoms with Crippen LogP contribution in [0.3, 0.4) is 0 Å². The second-order valence-corrected chi connectivity index (χ2v) is 7.33. The number of fused-ring (bicyclic) bond motifs is 3. The van der Waals surface area contributed by atoms with Crippen LogP contribution in [-0.2, 0) is 6.42 Å². The van der Waals surface area contributed by atoms with Gasteiger partial charge >= 0.3 is 5.97 Å². The van der Waals surface area contributed by atoms with Gasteiger partial charge in [-0.25, -0.2) is 4.79 Å². The molecule has 2 aliphatic carbocycles. The van der Waals surface area contributed by atoms with Gasteiger partial charge in [0.25, 0.3) is 0 Å². The molecule has 2 nitrogen and oxygen atoms in total. The maximum Gasteiger partial charge on any atom is 0.335 e. The van der Waals surface area contributed by atoms with Gasteiger partial charge in [0.15, 0.2) is 0 Å². The van der Waals surface area contributed by atoms with E-state index >= 15 is 0 Å². The van der Waals surface area contributed by atoms with Crippen LogP contribution < -0.4 is 0 Å². The highest BCUT2D eigenvalue weighted by Crippen LogP contribution is 2.50. The Labute approximate surface area is 143 Å². The number of carboxylic acids is 1. The van der Waals surface area contributed by atoms with Gasteiger partial charge in [-0.05, 0) is 78.7 Å². The lowest BCUT2D eigenvalue weighted by Crippen LogP contribution is -2.20. The monoisotopic (exact) mass is 320 g/mol. The van der Waals surface area contributed by atoms with Crippen molar-refractivity contribution < 1.29 is 9.90 Å². The summed E-state index contributed by atoms with van der Waals surface area (Å²) in [5, 5.41) is 9.13. The molecule has 1 N–H and O–H groups in total. The molecule has 0 bridgehead atoms. The number of carboxylic acid groups (broad SMARTS) is 1. The van der Waals surface area contributed by atoms with Gasteiger partial charge in [-0.2, -0.15) is 0 Å². The van der Waals surface area contributed by atoms with E-state index in [-0.39, 0.29) is 0 Å². The minimum Gasteiger partial charge on any atom is -0.478 e. The molecular formula is C22H24O2. The Morgan fingerprint density at radius 3 is 2.42 bits per heavy atom. The first-order valence-corrected chi connectivity index (χ1v) is 9.15. The highest BCUT2D eigenvalue weighted by molar-refractivity contribution is 5.87. The van der Waals surface area contributed by atoms with E-state index in [1.807, 2.05) is 0 Å². The van der Waals surface area contributed by atoms with E-state index in [0.29, 0.717) is 23.3 Å². The van der Waals surface area contributed by atoms with Crippen molar-refractivity contribution in [2.45, 2.75) is 50.4 Å². The number of hydrogen-bond donors (Lipinski definition) is 1. The zero-order chi connectivity index (χ0) is 16.5. The second-order valence-electron chi connectivity index (χ2n) is 7.33. The quantitative estimate of drug-likeness (QED) is 0.805. The summed E-state index contributed by atoms with van der Waals surface area (Å²) in [5.74, 6) is 1.09. The van der Waals surface area contributed by atoms with Crippen LogP contribution in [0.2, 0.25) is 0 Å². The van der Waals surface area contributed by atoms with Gasteiger partial charge in [-0.1, -0.05) is 42.8 Å². The molecule has 0 radical (unpaired) electrons. The van der Waals surface area contributed by atoms with Crippen molar-refractivity contribution in [2.75, 3.05) is 0 Å². The third-order valence-electron chi connectivity index (χ3n) is 6.09. The minimum atomic E-state index is -0.841. The topological polar surface area (TPSA) is 37.3 Å². The molecule has 2 aliphatic rings. The summed E-state index contributed by atoms with van der Waals surface area (Å²) in [6, 6.07) is 16.7. The first-order chi connectivity index (χ1) is 11.7. The molecule has 0 spiro atoms. The van der Waals surface area contributed by atoms with Gasteiger partial charge < -0.3 is 5.11 Å². The van der Waals surface area contributed by atoms with Gasteiger partial charge in [0.1, 0.15) is 0 Å². The van der Waals surface area contributed by atoms with E-state index in [2.05, 4.69) is 36.4 Å². The summed E-state index contributed by atoms with van der Waals surface area (Å²) in [7, 11) is 0. The Hall–Kier alpha value is -2.09. The molecule has 2 aromatic carbocycles. The van der Waals surface area contributed by atoms with Crippen molar-refractivity contribution >= 4 is 5.97 Å². The first-order valence-electron chi connectivity index (χ1n) is 9.15. The SMILES string of the molecule is O=C(O)c1ccc(C2CCCc3ccccc3C3CCCC23)cc1. The highest BCUT2D eigenvalue weighted by Gasteiger charge is 2.37. The fraction of sp³-hybridized carbons (Fsp3) is 0.409. The minimum absolute atomic E-state index is 0.387. The van der Waals surface area contributed by atoms with Crippen molar-refractivity contribution in [3.63, 3.8) is 0 Å². The van der Waals surface area contributed by atoms with Crippen LogP contribution in [0.15, 0.2) is 48.5 Å². The van der Waals surface area contributed by atoms with E-state index in [1.165, 1.54) is 44.1 Å². The number of hydrogen-bond acceptors (Lipinski definition) is 1. The first kappa shape index (κ1) is 15.4. The fourth-order valence-corrected chi connectivity index (χ4v) is 4.99. The molecule has 2 heteroatoms. The van der Waals surface area contributed by atoms with Crippen molar-refractivity contribution in [1.29, 1.82) is 0 Å². The standard InChI is InChI=1S/C22H24O2/c23-22(24)17-13-11-16(12-14-17)19-8-3-6-15-5-1-2-7-18(15)20-9-4-10-21(19)20/h1-2,5,7,11-14,19-21H,3-4,6,8-10H2,(H,23,24). The van der Waals surface area contributed by atoms with Crippen LogP contribution in [0.25, 0.3) is 0 Å². The van der Waals surface area contributed by atoms with Crippen LogP contribution in [-0.4, -0.2) is 11.1 Å². The molecule has 0 aromatic heterocycles. The zero-order valence-electron chi connectivity index (χ0n) is 13.9. The van der Waals surface area contributed by atoms with Crippen molar-refractivity contribution in [3.8, 4) is 0 Å². The van der Waals surface area contributed by atoms with Crippen LogP contribution in [0.4, 0.5) is 0 Å². The zero-order valence-corrected chi connectivity index (χ0v) is 13.9. The van der Waals surface area contributed by atoms with Crippen molar-refractivity contribution in [2.24, 2.45) is 5.92 Å². The van der Waals surface area contributed by atoms with Gasteiger partial charge in [-0.15, -0.1) is 0 Å². The average molecular weight is 320 g/mol. The summed E-state index contributed by atoms with van der Waals surface area (Å²) in [5.41, 5.74) is 4.84. The summed E-state index contributed by atoms with van der Waals surface area (Å²) in [6.45, 7) is 0. The molecule has 4 rings (SSSR count). The Morgan fingerprint density at radius 1 is 0.875 bits per heavy atom. The number of aromatic carboxylic acids is 1. The largest absolute Gasteiger partial charge is 0.478 e. The van der Waals surface area contributed by atoms with E-state index in [9.17, 15) is 4.79 Å². The van der Waals surface area contributed by atoms with Gasteiger partial charge in [0.2, 0.25) is 0 Å². The number of rotatable bonds is 2. The summed E-state index contributed by atoms with van der Waals surface area (Å²) in [4.78, 5) is 11.1. The molecule has 0 amide bonds. The second kappa shape index (κ2) is 6.43. The van der Waals surface area contributed by atoms with Crippen molar-refractivity contribution in [3.05, 3.63) is 70.8 Å². The van der Waals surface area contributed by atoms with E-state index in [4.69, 9.17) is 5.11 Å². The lowest BCUT2D eigenvalue weighted by Gasteiger charge is -2.33. The maximum absolute atomic E-state index is 11.1. The third kappa shape index (κ3) is 2.75. The Balaban J connectivity index is 1.68. The third-order valence-corrected chi connectivity index (χ3v) is 6.09. The van der Waals surface area contributed by atoms with E-state index in [1.54, 1.807) is 23.3 Å². The lowest BCUT2D eigenvalue weighted by atomic mass is 9.71. The predicted molar refractivity (Wildman–Crippen MR) is 95.6 cm³/mol. The summed E-state index contributed by atoms with van der Waals surface area (Å²) < 4.78 is 0. The summed E-state index contributed by atoms with van der Waals surface area (Å²) >= 11 is 0. The average Bonchev–Trinajstić information content (AvgIpc) is 3.06. The smallest absolute Gasteiger partial charge is 0.335 e. The molecule has 0 heterocycles. The number of aryl methyl sites for hydroxylation is 1. The molecule has 24 heavy (non-hydrogen) atoms. The number of carbonyl (C=O) groups is 1. The molecule has 3 unspecified atom stereocenters. The van der Waals surface area contributed by atoms with E-state index < -0.39 is 5.97 Å². The molecule has 124 valence electrons. The highest BCUT2D eigenvalue weighted by atomic mass is 16.4. The van der Waals surface area contributed by atoms with Crippen LogP contribution >= 0.6 is 0 Å². The molecule has 0 saturated heterocycles.